The van der Waals surface area contributed by atoms with Crippen LogP contribution in [-0.2, 0) is 17.8 Å². The topological polar surface area (TPSA) is 79.0 Å². The summed E-state index contributed by atoms with van der Waals surface area (Å²) in [5, 5.41) is 4.21. The molecule has 0 radical (unpaired) electrons. The van der Waals surface area contributed by atoms with Crippen LogP contribution >= 0.6 is 34.5 Å². The molecular weight excluding hydrogens is 455 g/mol. The molecule has 158 valence electrons. The van der Waals surface area contributed by atoms with Crippen LogP contribution in [0.3, 0.4) is 0 Å². The van der Waals surface area contributed by atoms with Crippen LogP contribution in [0.5, 0.6) is 0 Å². The van der Waals surface area contributed by atoms with Crippen LogP contribution in [0.2, 0.25) is 10.0 Å². The molecule has 0 aliphatic rings. The normalized spacial score (nSPS) is 11.1. The monoisotopic (exact) mass is 472 g/mol. The summed E-state index contributed by atoms with van der Waals surface area (Å²) in [5.74, 6) is 0.303. The number of hydrogen-bond acceptors (Lipinski definition) is 5. The smallest absolute Gasteiger partial charge is 0.258 e. The SMILES string of the molecule is CCN(Cc1nc2cc(Cl)ccc2c(=O)[nH]1)C(=O)Cc1csc(-c2ccccc2Cl)n1. The van der Waals surface area contributed by atoms with Gasteiger partial charge in [0.2, 0.25) is 5.91 Å². The maximum absolute atomic E-state index is 12.9. The van der Waals surface area contributed by atoms with E-state index >= 15 is 0 Å². The van der Waals surface area contributed by atoms with Crippen molar-refractivity contribution in [3.05, 3.63) is 79.8 Å². The molecule has 0 bridgehead atoms. The Morgan fingerprint density at radius 2 is 1.97 bits per heavy atom. The zero-order valence-corrected chi connectivity index (χ0v) is 18.9. The molecule has 4 rings (SSSR count). The lowest BCUT2D eigenvalue weighted by atomic mass is 10.2. The molecule has 2 aromatic heterocycles. The Hall–Kier alpha value is -2.74. The molecule has 0 saturated heterocycles. The van der Waals surface area contributed by atoms with E-state index in [2.05, 4.69) is 15.0 Å². The maximum Gasteiger partial charge on any atom is 0.258 e. The second-order valence-corrected chi connectivity index (χ2v) is 8.58. The highest BCUT2D eigenvalue weighted by Gasteiger charge is 2.17. The quantitative estimate of drug-likeness (QED) is 0.430. The fourth-order valence-electron chi connectivity index (χ4n) is 3.21. The van der Waals surface area contributed by atoms with Crippen molar-refractivity contribution in [1.82, 2.24) is 19.9 Å². The molecule has 9 heteroatoms. The van der Waals surface area contributed by atoms with E-state index in [0.717, 1.165) is 10.6 Å². The van der Waals surface area contributed by atoms with Crippen molar-refractivity contribution in [2.24, 2.45) is 0 Å². The van der Waals surface area contributed by atoms with Crippen LogP contribution in [0.4, 0.5) is 0 Å². The summed E-state index contributed by atoms with van der Waals surface area (Å²) in [6.07, 6.45) is 0.151. The van der Waals surface area contributed by atoms with Gasteiger partial charge in [-0.15, -0.1) is 11.3 Å². The molecule has 1 amide bonds. The van der Waals surface area contributed by atoms with E-state index in [-0.39, 0.29) is 24.4 Å². The van der Waals surface area contributed by atoms with Gasteiger partial charge in [0.05, 0.1) is 34.6 Å². The third-order valence-electron chi connectivity index (χ3n) is 4.78. The second kappa shape index (κ2) is 9.18. The van der Waals surface area contributed by atoms with Crippen molar-refractivity contribution in [2.45, 2.75) is 19.9 Å². The number of H-pyrrole nitrogens is 1. The van der Waals surface area contributed by atoms with Gasteiger partial charge in [-0.25, -0.2) is 9.97 Å². The summed E-state index contributed by atoms with van der Waals surface area (Å²) in [7, 11) is 0. The van der Waals surface area contributed by atoms with E-state index in [9.17, 15) is 9.59 Å². The van der Waals surface area contributed by atoms with Crippen molar-refractivity contribution in [3.8, 4) is 10.6 Å². The highest BCUT2D eigenvalue weighted by atomic mass is 35.5. The van der Waals surface area contributed by atoms with Gasteiger partial charge in [-0.3, -0.25) is 9.59 Å². The minimum absolute atomic E-state index is 0.104. The fraction of sp³-hybridized carbons (Fsp3) is 0.182. The average Bonchev–Trinajstić information content (AvgIpc) is 3.20. The minimum Gasteiger partial charge on any atom is -0.335 e. The zero-order chi connectivity index (χ0) is 22.0. The summed E-state index contributed by atoms with van der Waals surface area (Å²) in [5.41, 5.74) is 1.76. The van der Waals surface area contributed by atoms with E-state index < -0.39 is 0 Å². The number of aromatic nitrogens is 3. The van der Waals surface area contributed by atoms with Gasteiger partial charge in [0.15, 0.2) is 0 Å². The van der Waals surface area contributed by atoms with Crippen molar-refractivity contribution in [3.63, 3.8) is 0 Å². The van der Waals surface area contributed by atoms with Crippen molar-refractivity contribution in [1.29, 1.82) is 0 Å². The first-order valence-electron chi connectivity index (χ1n) is 9.60. The van der Waals surface area contributed by atoms with Gasteiger partial charge < -0.3 is 9.88 Å². The Kier molecular flexibility index (Phi) is 6.36. The number of nitrogens with one attached hydrogen (secondary N) is 1. The van der Waals surface area contributed by atoms with E-state index in [4.69, 9.17) is 23.2 Å². The Labute approximate surface area is 192 Å². The van der Waals surface area contributed by atoms with E-state index in [1.807, 2.05) is 36.6 Å². The van der Waals surface area contributed by atoms with Gasteiger partial charge in [-0.2, -0.15) is 0 Å². The third-order valence-corrected chi connectivity index (χ3v) is 6.27. The van der Waals surface area contributed by atoms with Gasteiger partial charge in [0.25, 0.3) is 5.56 Å². The number of fused-ring (bicyclic) bond motifs is 1. The van der Waals surface area contributed by atoms with Crippen molar-refractivity contribution in [2.75, 3.05) is 6.54 Å². The lowest BCUT2D eigenvalue weighted by Crippen LogP contribution is -2.33. The molecule has 6 nitrogen and oxygen atoms in total. The zero-order valence-electron chi connectivity index (χ0n) is 16.6. The lowest BCUT2D eigenvalue weighted by Gasteiger charge is -2.20. The first kappa shape index (κ1) is 21.5. The molecule has 2 heterocycles. The Morgan fingerprint density at radius 3 is 2.74 bits per heavy atom. The number of likely N-dealkylation sites (N-methyl/N-ethyl adjacent to an activating group) is 1. The van der Waals surface area contributed by atoms with Crippen LogP contribution in [0, 0.1) is 0 Å². The van der Waals surface area contributed by atoms with Gasteiger partial charge in [-0.05, 0) is 31.2 Å². The first-order chi connectivity index (χ1) is 14.9. The van der Waals surface area contributed by atoms with Gasteiger partial charge in [0.1, 0.15) is 10.8 Å². The summed E-state index contributed by atoms with van der Waals surface area (Å²) in [6, 6.07) is 12.4. The third kappa shape index (κ3) is 4.79. The van der Waals surface area contributed by atoms with E-state index in [1.165, 1.54) is 11.3 Å². The highest BCUT2D eigenvalue weighted by molar-refractivity contribution is 7.13. The summed E-state index contributed by atoms with van der Waals surface area (Å²) in [4.78, 5) is 38.6. The van der Waals surface area contributed by atoms with Crippen molar-refractivity contribution < 1.29 is 4.79 Å². The summed E-state index contributed by atoms with van der Waals surface area (Å²) >= 11 is 13.7. The number of carbonyl (C=O) groups excluding carboxylic acids is 1. The molecule has 0 saturated carbocycles. The van der Waals surface area contributed by atoms with Gasteiger partial charge >= 0.3 is 0 Å². The van der Waals surface area contributed by atoms with Crippen LogP contribution < -0.4 is 5.56 Å². The number of amides is 1. The number of aromatic amines is 1. The molecule has 0 aliphatic heterocycles. The lowest BCUT2D eigenvalue weighted by molar-refractivity contribution is -0.131. The number of carbonyl (C=O) groups is 1. The Morgan fingerprint density at radius 1 is 1.16 bits per heavy atom. The highest BCUT2D eigenvalue weighted by Crippen LogP contribution is 2.30. The minimum atomic E-state index is -0.260. The molecular formula is C22H18Cl2N4O2S. The van der Waals surface area contributed by atoms with Crippen LogP contribution in [0.15, 0.2) is 52.6 Å². The number of hydrogen-bond donors (Lipinski definition) is 1. The van der Waals surface area contributed by atoms with Crippen LogP contribution in [0.25, 0.3) is 21.5 Å². The molecule has 2 aromatic carbocycles. The molecule has 0 aliphatic carbocycles. The number of nitrogens with zero attached hydrogens (tertiary/aromatic N) is 3. The predicted octanol–water partition coefficient (Wildman–Crippen LogP) is 4.94. The summed E-state index contributed by atoms with van der Waals surface area (Å²) < 4.78 is 0. The van der Waals surface area contributed by atoms with E-state index in [1.54, 1.807) is 23.1 Å². The number of benzene rings is 2. The molecule has 1 N–H and O–H groups in total. The summed E-state index contributed by atoms with van der Waals surface area (Å²) in [6.45, 7) is 2.54. The molecule has 0 atom stereocenters. The Bertz CT molecular complexity index is 1320. The van der Waals surface area contributed by atoms with Crippen molar-refractivity contribution >= 4 is 51.3 Å². The fourth-order valence-corrected chi connectivity index (χ4v) is 4.51. The molecule has 31 heavy (non-hydrogen) atoms. The molecule has 0 spiro atoms. The van der Waals surface area contributed by atoms with Gasteiger partial charge in [0, 0.05) is 22.5 Å². The van der Waals surface area contributed by atoms with Crippen LogP contribution in [-0.4, -0.2) is 32.3 Å². The maximum atomic E-state index is 12.9. The largest absolute Gasteiger partial charge is 0.335 e. The number of rotatable bonds is 6. The second-order valence-electron chi connectivity index (χ2n) is 6.88. The first-order valence-corrected chi connectivity index (χ1v) is 11.2. The van der Waals surface area contributed by atoms with E-state index in [0.29, 0.717) is 39.0 Å². The van der Waals surface area contributed by atoms with Gasteiger partial charge in [-0.1, -0.05) is 41.4 Å². The molecule has 0 unspecified atom stereocenters. The molecule has 0 fully saturated rings. The Balaban J connectivity index is 1.51. The van der Waals surface area contributed by atoms with Crippen LogP contribution in [0.1, 0.15) is 18.4 Å². The predicted molar refractivity (Wildman–Crippen MR) is 125 cm³/mol. The number of halogens is 2. The average molecular weight is 473 g/mol. The number of thiazole rings is 1. The molecule has 4 aromatic rings. The standard InChI is InChI=1S/C22H18Cl2N4O2S/c1-2-28(11-19-26-18-9-13(23)7-8-16(18)21(30)27-19)20(29)10-14-12-31-22(25-14)15-5-3-4-6-17(15)24/h3-9,12H,2,10-11H2,1H3,(H,26,27,30).